The average Bonchev–Trinajstić information content (AvgIpc) is 3.97. The second kappa shape index (κ2) is 23.3. The highest BCUT2D eigenvalue weighted by Crippen LogP contribution is 2.39. The summed E-state index contributed by atoms with van der Waals surface area (Å²) in [6.07, 6.45) is 9.04. The van der Waals surface area contributed by atoms with Crippen LogP contribution in [0.5, 0.6) is 5.75 Å². The first kappa shape index (κ1) is 51.8. The number of ether oxygens (including phenoxy) is 1. The highest BCUT2D eigenvalue weighted by atomic mass is 35.5. The molecule has 7 N–H and O–H groups in total. The van der Waals surface area contributed by atoms with Crippen LogP contribution in [0.25, 0.3) is 0 Å². The van der Waals surface area contributed by atoms with Crippen molar-refractivity contribution in [2.45, 2.75) is 126 Å². The number of aromatic nitrogens is 3. The molecule has 5 heterocycles. The molecule has 2 atom stereocenters. The van der Waals surface area contributed by atoms with Gasteiger partial charge < -0.3 is 46.9 Å². The van der Waals surface area contributed by atoms with Gasteiger partial charge in [-0.05, 0) is 107 Å². The minimum Gasteiger partial charge on any atom is -0.493 e. The standard InChI is InChI=1S/C50H68ClN11O5S2/c1-32-40(68-31-57-32)26-34-12-13-35(28-54-46(65)37-10-7-19-62(37)48(66)44(56-30-63)49(2,3)4)38(25-34)67-24-8-18-60-20-14-33(15-21-60)27-42(64)58-36-9-6-11-39(43(36)51)69-47-45(52)59-41(29-55-47)61-22-16-50(5,53)17-23-61/h6,9,11-13,25,29-31,33,37,44H,7-8,10,14-24,26-28,53H2,1-5H3,(H2,52,59)(H,54,65)(H,56,63)(H,58,64)/t37-,44+/m0/s1. The monoisotopic (exact) mass is 1000 g/mol. The quantitative estimate of drug-likeness (QED) is 0.0483. The Balaban J connectivity index is 0.874. The molecule has 4 aromatic rings. The number of halogens is 1. The van der Waals surface area contributed by atoms with Gasteiger partial charge in [0.05, 0.1) is 34.7 Å². The van der Waals surface area contributed by atoms with Crippen LogP contribution in [0.4, 0.5) is 17.3 Å². The fourth-order valence-electron chi connectivity index (χ4n) is 9.20. The summed E-state index contributed by atoms with van der Waals surface area (Å²) >= 11 is 9.79. The van der Waals surface area contributed by atoms with Gasteiger partial charge in [0.15, 0.2) is 5.82 Å². The van der Waals surface area contributed by atoms with E-state index >= 15 is 0 Å². The Morgan fingerprint density at radius 2 is 1.84 bits per heavy atom. The molecule has 4 amide bonds. The number of aryl methyl sites for hydroxylation is 1. The number of anilines is 3. The van der Waals surface area contributed by atoms with Crippen molar-refractivity contribution in [3.8, 4) is 5.75 Å². The minimum atomic E-state index is -0.737. The van der Waals surface area contributed by atoms with Crippen LogP contribution < -0.4 is 37.1 Å². The second-order valence-corrected chi connectivity index (χ2v) is 22.3. The molecule has 7 rings (SSSR count). The molecule has 0 saturated carbocycles. The Hall–Kier alpha value is -5.01. The van der Waals surface area contributed by atoms with Gasteiger partial charge in [0.25, 0.3) is 0 Å². The number of nitrogen functional groups attached to an aromatic ring is 1. The summed E-state index contributed by atoms with van der Waals surface area (Å²) in [7, 11) is 0. The molecule has 0 aliphatic carbocycles. The normalized spacial score (nSPS) is 18.2. The van der Waals surface area contributed by atoms with Crippen LogP contribution in [0.1, 0.15) is 101 Å². The number of carbonyl (C=O) groups excluding carboxylic acids is 4. The largest absolute Gasteiger partial charge is 0.493 e. The maximum atomic E-state index is 13.7. The first-order valence-corrected chi connectivity index (χ1v) is 26.1. The molecule has 2 aromatic carbocycles. The number of likely N-dealkylation sites (tertiary alicyclic amines) is 2. The number of piperidine rings is 2. The van der Waals surface area contributed by atoms with E-state index in [1.54, 1.807) is 28.5 Å². The van der Waals surface area contributed by atoms with Crippen LogP contribution in [0.3, 0.4) is 0 Å². The Morgan fingerprint density at radius 1 is 1.07 bits per heavy atom. The molecule has 0 spiro atoms. The Morgan fingerprint density at radius 3 is 2.54 bits per heavy atom. The van der Waals surface area contributed by atoms with E-state index in [-0.39, 0.29) is 35.7 Å². The van der Waals surface area contributed by atoms with Crippen LogP contribution in [0.15, 0.2) is 58.0 Å². The number of nitrogens with one attached hydrogen (secondary N) is 3. The molecule has 69 heavy (non-hydrogen) atoms. The van der Waals surface area contributed by atoms with E-state index in [4.69, 9.17) is 27.8 Å². The topological polar surface area (TPSA) is 214 Å². The van der Waals surface area contributed by atoms with Crippen LogP contribution in [-0.2, 0) is 32.1 Å². The molecule has 16 nitrogen and oxygen atoms in total. The summed E-state index contributed by atoms with van der Waals surface area (Å²) in [4.78, 5) is 73.7. The summed E-state index contributed by atoms with van der Waals surface area (Å²) < 4.78 is 6.47. The van der Waals surface area contributed by atoms with Crippen molar-refractivity contribution in [3.63, 3.8) is 0 Å². The molecular formula is C50H68ClN11O5S2. The summed E-state index contributed by atoms with van der Waals surface area (Å²) in [5, 5.41) is 9.78. The number of benzene rings is 2. The Labute approximate surface area is 419 Å². The smallest absolute Gasteiger partial charge is 0.246 e. The van der Waals surface area contributed by atoms with Crippen molar-refractivity contribution in [2.75, 3.05) is 61.8 Å². The zero-order valence-corrected chi connectivity index (χ0v) is 42.9. The van der Waals surface area contributed by atoms with E-state index in [2.05, 4.69) is 59.8 Å². The molecule has 372 valence electrons. The van der Waals surface area contributed by atoms with E-state index in [9.17, 15) is 19.2 Å². The first-order chi connectivity index (χ1) is 33.0. The van der Waals surface area contributed by atoms with Gasteiger partial charge in [-0.2, -0.15) is 0 Å². The molecule has 3 aliphatic heterocycles. The highest BCUT2D eigenvalue weighted by Gasteiger charge is 2.41. The van der Waals surface area contributed by atoms with Crippen molar-refractivity contribution in [2.24, 2.45) is 17.1 Å². The molecule has 0 unspecified atom stereocenters. The maximum absolute atomic E-state index is 13.7. The van der Waals surface area contributed by atoms with E-state index in [0.717, 1.165) is 98.8 Å². The fraction of sp³-hybridized carbons (Fsp3) is 0.540. The lowest BCUT2D eigenvalue weighted by Gasteiger charge is -2.37. The molecule has 0 radical (unpaired) electrons. The van der Waals surface area contributed by atoms with Gasteiger partial charge in [0, 0.05) is 66.4 Å². The minimum absolute atomic E-state index is 0.0699. The zero-order chi connectivity index (χ0) is 49.3. The van der Waals surface area contributed by atoms with E-state index in [1.165, 1.54) is 16.6 Å². The average molecular weight is 1000 g/mol. The summed E-state index contributed by atoms with van der Waals surface area (Å²) in [6.45, 7) is 15.2. The number of hydrogen-bond donors (Lipinski definition) is 5. The molecule has 2 aromatic heterocycles. The third-order valence-electron chi connectivity index (χ3n) is 13.5. The van der Waals surface area contributed by atoms with Gasteiger partial charge in [-0.25, -0.2) is 15.0 Å². The Kier molecular flexibility index (Phi) is 17.5. The van der Waals surface area contributed by atoms with E-state index < -0.39 is 17.5 Å². The van der Waals surface area contributed by atoms with Crippen LogP contribution in [0, 0.1) is 18.3 Å². The lowest BCUT2D eigenvalue weighted by Crippen LogP contribution is -2.56. The van der Waals surface area contributed by atoms with Gasteiger partial charge in [-0.15, -0.1) is 11.3 Å². The fourth-order valence-corrected chi connectivity index (χ4v) is 11.1. The van der Waals surface area contributed by atoms with Crippen LogP contribution >= 0.6 is 34.7 Å². The number of amides is 4. The van der Waals surface area contributed by atoms with Gasteiger partial charge >= 0.3 is 0 Å². The molecule has 3 aliphatic rings. The third-order valence-corrected chi connectivity index (χ3v) is 16.0. The van der Waals surface area contributed by atoms with E-state index in [0.29, 0.717) is 66.1 Å². The van der Waals surface area contributed by atoms with Crippen molar-refractivity contribution in [3.05, 3.63) is 74.8 Å². The Bertz CT molecular complexity index is 2430. The zero-order valence-electron chi connectivity index (χ0n) is 40.5. The lowest BCUT2D eigenvalue weighted by molar-refractivity contribution is -0.142. The van der Waals surface area contributed by atoms with Crippen molar-refractivity contribution in [1.82, 2.24) is 35.4 Å². The van der Waals surface area contributed by atoms with Gasteiger partial charge in [0.2, 0.25) is 24.1 Å². The summed E-state index contributed by atoms with van der Waals surface area (Å²) in [5.74, 6) is 1.48. The van der Waals surface area contributed by atoms with E-state index in [1.807, 2.05) is 51.4 Å². The van der Waals surface area contributed by atoms with Gasteiger partial charge in [-0.3, -0.25) is 19.2 Å². The number of nitrogens with two attached hydrogens (primary N) is 2. The molecular weight excluding hydrogens is 934 g/mol. The van der Waals surface area contributed by atoms with Gasteiger partial charge in [0.1, 0.15) is 28.7 Å². The lowest BCUT2D eigenvalue weighted by atomic mass is 9.85. The molecule has 3 fully saturated rings. The van der Waals surface area contributed by atoms with Crippen LogP contribution in [0.2, 0.25) is 5.02 Å². The number of rotatable bonds is 19. The third kappa shape index (κ3) is 13.9. The number of thiazole rings is 1. The SMILES string of the molecule is Cc1ncsc1Cc1ccc(CNC(=O)[C@@H]2CCCN2C(=O)[C@@H](NC=O)C(C)(C)C)c(OCCCN2CCC(CC(=O)Nc3cccc(Sc4ncc(N5CCC(C)(N)CC5)nc4N)c3Cl)CC2)c1. The first-order valence-electron chi connectivity index (χ1n) is 24.0. The number of carbonyl (C=O) groups is 4. The molecule has 19 heteroatoms. The summed E-state index contributed by atoms with van der Waals surface area (Å²) in [6, 6.07) is 10.3. The predicted molar refractivity (Wildman–Crippen MR) is 274 cm³/mol. The number of nitrogens with zero attached hydrogens (tertiary/aromatic N) is 6. The highest BCUT2D eigenvalue weighted by molar-refractivity contribution is 7.99. The van der Waals surface area contributed by atoms with Crippen LogP contribution in [-0.4, -0.2) is 112 Å². The van der Waals surface area contributed by atoms with Crippen molar-refractivity contribution in [1.29, 1.82) is 0 Å². The number of hydrogen-bond acceptors (Lipinski definition) is 14. The van der Waals surface area contributed by atoms with Crippen molar-refractivity contribution >= 4 is 76.2 Å². The van der Waals surface area contributed by atoms with Gasteiger partial charge in [-0.1, -0.05) is 62.3 Å². The van der Waals surface area contributed by atoms with Crippen molar-refractivity contribution < 1.29 is 23.9 Å². The molecule has 0 bridgehead atoms. The maximum Gasteiger partial charge on any atom is 0.246 e. The molecule has 3 saturated heterocycles. The predicted octanol–water partition coefficient (Wildman–Crippen LogP) is 6.81. The second-order valence-electron chi connectivity index (χ2n) is 20.0. The summed E-state index contributed by atoms with van der Waals surface area (Å²) in [5.41, 5.74) is 17.3.